The highest BCUT2D eigenvalue weighted by Gasteiger charge is 2.31. The monoisotopic (exact) mass is 287 g/mol. The van der Waals surface area contributed by atoms with E-state index in [9.17, 15) is 4.79 Å². The largest absolute Gasteiger partial charge is 0.423 e. The minimum absolute atomic E-state index is 0.0872. The van der Waals surface area contributed by atoms with Gasteiger partial charge in [0.25, 0.3) is 0 Å². The lowest BCUT2D eigenvalue weighted by Crippen LogP contribution is -2.60. The van der Waals surface area contributed by atoms with E-state index in [-0.39, 0.29) is 6.03 Å². The molecule has 1 saturated heterocycles. The van der Waals surface area contributed by atoms with Crippen molar-refractivity contribution < 1.29 is 9.21 Å². The number of likely N-dealkylation sites (N-methyl/N-ethyl adjacent to an activating group) is 1. The van der Waals surface area contributed by atoms with Crippen LogP contribution in [0.2, 0.25) is 0 Å². The average molecular weight is 287 g/mol. The van der Waals surface area contributed by atoms with Gasteiger partial charge in [0.1, 0.15) is 0 Å². The van der Waals surface area contributed by atoms with Crippen molar-refractivity contribution in [3.05, 3.63) is 30.7 Å². The molecule has 0 unspecified atom stereocenters. The number of nitrogens with zero attached hydrogens (tertiary/aromatic N) is 4. The van der Waals surface area contributed by atoms with Crippen LogP contribution in [-0.2, 0) is 0 Å². The Bertz CT molecular complexity index is 620. The van der Waals surface area contributed by atoms with Crippen LogP contribution in [0.5, 0.6) is 0 Å². The minimum Gasteiger partial charge on any atom is -0.423 e. The lowest BCUT2D eigenvalue weighted by atomic mass is 10.1. The summed E-state index contributed by atoms with van der Waals surface area (Å²) in [5.41, 5.74) is 1.49. The zero-order valence-corrected chi connectivity index (χ0v) is 12.0. The maximum absolute atomic E-state index is 12.1. The van der Waals surface area contributed by atoms with E-state index in [0.29, 0.717) is 17.6 Å². The van der Waals surface area contributed by atoms with E-state index in [1.54, 1.807) is 4.90 Å². The van der Waals surface area contributed by atoms with Crippen LogP contribution in [0.15, 0.2) is 35.1 Å². The van der Waals surface area contributed by atoms with E-state index in [4.69, 9.17) is 4.42 Å². The molecule has 1 fully saturated rings. The van der Waals surface area contributed by atoms with E-state index < -0.39 is 0 Å². The van der Waals surface area contributed by atoms with Crippen LogP contribution in [-0.4, -0.2) is 59.3 Å². The van der Waals surface area contributed by atoms with Crippen LogP contribution in [0, 0.1) is 0 Å². The number of aromatic nitrogens is 2. The second-order valence-corrected chi connectivity index (χ2v) is 5.28. The molecule has 0 radical (unpaired) electrons. The highest BCUT2D eigenvalue weighted by Crippen LogP contribution is 2.21. The van der Waals surface area contributed by atoms with Gasteiger partial charge in [-0.3, -0.25) is 0 Å². The predicted molar refractivity (Wildman–Crippen MR) is 77.8 cm³/mol. The highest BCUT2D eigenvalue weighted by molar-refractivity contribution is 5.90. The highest BCUT2D eigenvalue weighted by atomic mass is 16.4. The van der Waals surface area contributed by atoms with Gasteiger partial charge < -0.3 is 19.5 Å². The molecule has 0 saturated carbocycles. The molecule has 0 atom stereocenters. The molecule has 21 heavy (non-hydrogen) atoms. The predicted octanol–water partition coefficient (Wildman–Crippen LogP) is 1.51. The lowest BCUT2D eigenvalue weighted by Gasteiger charge is -2.42. The van der Waals surface area contributed by atoms with E-state index >= 15 is 0 Å². The minimum atomic E-state index is -0.0872. The number of amides is 2. The molecule has 1 aliphatic rings. The van der Waals surface area contributed by atoms with Crippen molar-refractivity contribution in [1.29, 1.82) is 0 Å². The Hall–Kier alpha value is -2.41. The Morgan fingerprint density at radius 1 is 1.43 bits per heavy atom. The zero-order chi connectivity index (χ0) is 14.8. The Kier molecular flexibility index (Phi) is 3.57. The third-order valence-electron chi connectivity index (χ3n) is 3.60. The van der Waals surface area contributed by atoms with Crippen molar-refractivity contribution in [2.24, 2.45) is 0 Å². The summed E-state index contributed by atoms with van der Waals surface area (Å²) in [6.45, 7) is 1.50. The molecule has 3 rings (SSSR count). The Morgan fingerprint density at radius 3 is 2.90 bits per heavy atom. The number of anilines is 1. The van der Waals surface area contributed by atoms with Crippen LogP contribution < -0.4 is 5.32 Å². The maximum atomic E-state index is 12.1. The number of benzene rings is 1. The summed E-state index contributed by atoms with van der Waals surface area (Å²) in [6, 6.07) is 7.70. The molecule has 7 heteroatoms. The SMILES string of the molecule is CN(C)C1CN(C(=O)Nc2cccc(-c3nnco3)c2)C1. The normalized spacial score (nSPS) is 15.1. The van der Waals surface area contributed by atoms with Gasteiger partial charge in [-0.1, -0.05) is 6.07 Å². The fraction of sp³-hybridized carbons (Fsp3) is 0.357. The first-order valence-corrected chi connectivity index (χ1v) is 6.72. The summed E-state index contributed by atoms with van der Waals surface area (Å²) in [6.07, 6.45) is 1.28. The van der Waals surface area contributed by atoms with Crippen molar-refractivity contribution >= 4 is 11.7 Å². The first-order chi connectivity index (χ1) is 10.1. The van der Waals surface area contributed by atoms with Gasteiger partial charge in [0.05, 0.1) is 0 Å². The molecule has 1 N–H and O–H groups in total. The summed E-state index contributed by atoms with van der Waals surface area (Å²) < 4.78 is 5.15. The van der Waals surface area contributed by atoms with Crippen molar-refractivity contribution in [3.63, 3.8) is 0 Å². The number of hydrogen-bond acceptors (Lipinski definition) is 5. The third kappa shape index (κ3) is 2.87. The molecule has 0 spiro atoms. The first kappa shape index (κ1) is 13.6. The fourth-order valence-electron chi connectivity index (χ4n) is 2.18. The van der Waals surface area contributed by atoms with Crippen molar-refractivity contribution in [2.45, 2.75) is 6.04 Å². The van der Waals surface area contributed by atoms with Gasteiger partial charge >= 0.3 is 6.03 Å². The molecule has 2 amide bonds. The number of carbonyl (C=O) groups is 1. The van der Waals surface area contributed by atoms with Gasteiger partial charge in [0, 0.05) is 30.4 Å². The van der Waals surface area contributed by atoms with Gasteiger partial charge in [-0.2, -0.15) is 0 Å². The topological polar surface area (TPSA) is 74.5 Å². The van der Waals surface area contributed by atoms with Crippen molar-refractivity contribution in [3.8, 4) is 11.5 Å². The van der Waals surface area contributed by atoms with Gasteiger partial charge in [-0.25, -0.2) is 4.79 Å². The number of urea groups is 1. The number of nitrogens with one attached hydrogen (secondary N) is 1. The molecule has 1 aromatic heterocycles. The molecular formula is C14H17N5O2. The molecule has 2 aromatic rings. The van der Waals surface area contributed by atoms with Crippen molar-refractivity contribution in [2.75, 3.05) is 32.5 Å². The number of rotatable bonds is 3. The second kappa shape index (κ2) is 5.53. The van der Waals surface area contributed by atoms with Crippen LogP contribution in [0.3, 0.4) is 0 Å². The Morgan fingerprint density at radius 2 is 2.24 bits per heavy atom. The number of carbonyl (C=O) groups excluding carboxylic acids is 1. The molecular weight excluding hydrogens is 270 g/mol. The second-order valence-electron chi connectivity index (χ2n) is 5.28. The summed E-state index contributed by atoms with van der Waals surface area (Å²) >= 11 is 0. The Labute approximate surface area is 122 Å². The molecule has 1 aliphatic heterocycles. The van der Waals surface area contributed by atoms with Gasteiger partial charge in [-0.15, -0.1) is 10.2 Å². The molecule has 2 heterocycles. The van der Waals surface area contributed by atoms with Crippen LogP contribution in [0.4, 0.5) is 10.5 Å². The zero-order valence-electron chi connectivity index (χ0n) is 12.0. The van der Waals surface area contributed by atoms with E-state index in [1.807, 2.05) is 38.4 Å². The van der Waals surface area contributed by atoms with E-state index in [1.165, 1.54) is 6.39 Å². The average Bonchev–Trinajstić information content (AvgIpc) is 2.90. The molecule has 110 valence electrons. The fourth-order valence-corrected chi connectivity index (χ4v) is 2.18. The standard InChI is InChI=1S/C14H17N5O2/c1-18(2)12-7-19(8-12)14(20)16-11-5-3-4-10(6-11)13-17-15-9-21-13/h3-6,9,12H,7-8H2,1-2H3,(H,16,20). The summed E-state index contributed by atoms with van der Waals surface area (Å²) in [4.78, 5) is 16.0. The quantitative estimate of drug-likeness (QED) is 0.926. The van der Waals surface area contributed by atoms with Gasteiger partial charge in [0.2, 0.25) is 12.3 Å². The smallest absolute Gasteiger partial charge is 0.321 e. The lowest BCUT2D eigenvalue weighted by molar-refractivity contribution is 0.0942. The Balaban J connectivity index is 1.63. The van der Waals surface area contributed by atoms with Crippen LogP contribution >= 0.6 is 0 Å². The van der Waals surface area contributed by atoms with Crippen LogP contribution in [0.25, 0.3) is 11.5 Å². The van der Waals surface area contributed by atoms with Gasteiger partial charge in [-0.05, 0) is 32.3 Å². The number of likely N-dealkylation sites (tertiary alicyclic amines) is 1. The van der Waals surface area contributed by atoms with E-state index in [0.717, 1.165) is 18.7 Å². The number of hydrogen-bond donors (Lipinski definition) is 1. The molecule has 0 aliphatic carbocycles. The van der Waals surface area contributed by atoms with Gasteiger partial charge in [0.15, 0.2) is 0 Å². The first-order valence-electron chi connectivity index (χ1n) is 6.72. The summed E-state index contributed by atoms with van der Waals surface area (Å²) in [7, 11) is 4.04. The van der Waals surface area contributed by atoms with Crippen molar-refractivity contribution in [1.82, 2.24) is 20.0 Å². The van der Waals surface area contributed by atoms with E-state index in [2.05, 4.69) is 20.4 Å². The molecule has 0 bridgehead atoms. The van der Waals surface area contributed by atoms with Crippen LogP contribution in [0.1, 0.15) is 0 Å². The third-order valence-corrected chi connectivity index (χ3v) is 3.60. The molecule has 7 nitrogen and oxygen atoms in total. The summed E-state index contributed by atoms with van der Waals surface area (Å²) in [5.74, 6) is 0.433. The summed E-state index contributed by atoms with van der Waals surface area (Å²) in [5, 5.41) is 10.4. The molecule has 1 aromatic carbocycles. The maximum Gasteiger partial charge on any atom is 0.321 e.